The van der Waals surface area contributed by atoms with Crippen LogP contribution >= 0.6 is 27.5 Å². The molecule has 0 radical (unpaired) electrons. The van der Waals surface area contributed by atoms with Crippen molar-refractivity contribution in [3.63, 3.8) is 0 Å². The molecule has 2 nitrogen and oxygen atoms in total. The normalized spacial score (nSPS) is 12.6. The zero-order valence-electron chi connectivity index (χ0n) is 12.3. The number of hydrogen-bond donors (Lipinski definition) is 1. The Morgan fingerprint density at radius 2 is 1.86 bits per heavy atom. The molecule has 0 saturated heterocycles. The molecule has 0 aliphatic rings. The van der Waals surface area contributed by atoms with E-state index >= 15 is 0 Å². The lowest BCUT2D eigenvalue weighted by molar-refractivity contribution is 0.288. The highest BCUT2D eigenvalue weighted by Crippen LogP contribution is 2.22. The van der Waals surface area contributed by atoms with Crippen molar-refractivity contribution < 1.29 is 0 Å². The van der Waals surface area contributed by atoms with Crippen LogP contribution in [0, 0.1) is 0 Å². The second-order valence-electron chi connectivity index (χ2n) is 5.26. The Labute approximate surface area is 140 Å². The Hall–Kier alpha value is -0.870. The molecule has 0 aliphatic heterocycles. The average molecular weight is 368 g/mol. The molecule has 112 valence electrons. The molecule has 21 heavy (non-hydrogen) atoms. The summed E-state index contributed by atoms with van der Waals surface area (Å²) in [6.07, 6.45) is 0. The van der Waals surface area contributed by atoms with Gasteiger partial charge in [0.2, 0.25) is 0 Å². The van der Waals surface area contributed by atoms with Crippen LogP contribution < -0.4 is 5.32 Å². The number of nitrogens with zero attached hydrogens (tertiary/aromatic N) is 1. The minimum absolute atomic E-state index is 0.351. The molecule has 0 heterocycles. The van der Waals surface area contributed by atoms with Crippen molar-refractivity contribution in [2.24, 2.45) is 0 Å². The number of benzene rings is 2. The maximum Gasteiger partial charge on any atom is 0.0466 e. The first-order valence-corrected chi connectivity index (χ1v) is 8.11. The maximum atomic E-state index is 6.05. The van der Waals surface area contributed by atoms with Crippen molar-refractivity contribution in [3.05, 3.63) is 69.2 Å². The topological polar surface area (TPSA) is 15.3 Å². The third-order valence-electron chi connectivity index (χ3n) is 3.47. The van der Waals surface area contributed by atoms with Crippen LogP contribution in [0.25, 0.3) is 0 Å². The fraction of sp³-hybridized carbons (Fsp3) is 0.294. The van der Waals surface area contributed by atoms with E-state index in [2.05, 4.69) is 64.5 Å². The molecule has 0 aliphatic carbocycles. The Balaban J connectivity index is 1.98. The molecule has 0 aromatic heterocycles. The number of halogens is 2. The molecule has 1 unspecified atom stereocenters. The van der Waals surface area contributed by atoms with Gasteiger partial charge in [-0.3, -0.25) is 0 Å². The summed E-state index contributed by atoms with van der Waals surface area (Å²) >= 11 is 9.61. The summed E-state index contributed by atoms with van der Waals surface area (Å²) in [5, 5.41) is 4.29. The van der Waals surface area contributed by atoms with Gasteiger partial charge in [-0.25, -0.2) is 0 Å². The molecule has 1 N–H and O–H groups in total. The molecule has 2 aromatic rings. The lowest BCUT2D eigenvalue weighted by Crippen LogP contribution is -2.30. The summed E-state index contributed by atoms with van der Waals surface area (Å²) in [4.78, 5) is 2.23. The van der Waals surface area contributed by atoms with E-state index in [9.17, 15) is 0 Å². The molecular formula is C17H20BrClN2. The molecule has 4 heteroatoms. The van der Waals surface area contributed by atoms with Crippen molar-refractivity contribution in [2.75, 3.05) is 20.6 Å². The quantitative estimate of drug-likeness (QED) is 0.809. The summed E-state index contributed by atoms with van der Waals surface area (Å²) < 4.78 is 1.08. The second kappa shape index (κ2) is 7.95. The van der Waals surface area contributed by atoms with Gasteiger partial charge in [0.05, 0.1) is 0 Å². The Bertz CT molecular complexity index is 572. The predicted molar refractivity (Wildman–Crippen MR) is 93.7 cm³/mol. The molecule has 2 aromatic carbocycles. The molecule has 1 atom stereocenters. The minimum Gasteiger partial charge on any atom is -0.311 e. The monoisotopic (exact) mass is 366 g/mol. The maximum absolute atomic E-state index is 6.05. The van der Waals surface area contributed by atoms with E-state index in [-0.39, 0.29) is 0 Å². The first-order valence-electron chi connectivity index (χ1n) is 6.94. The van der Waals surface area contributed by atoms with Gasteiger partial charge in [0.25, 0.3) is 0 Å². The molecule has 0 fully saturated rings. The number of likely N-dealkylation sites (N-methyl/N-ethyl adjacent to an activating group) is 1. The Morgan fingerprint density at radius 3 is 2.52 bits per heavy atom. The first-order chi connectivity index (χ1) is 10.1. The van der Waals surface area contributed by atoms with E-state index in [1.54, 1.807) is 0 Å². The van der Waals surface area contributed by atoms with Gasteiger partial charge in [-0.2, -0.15) is 0 Å². The highest BCUT2D eigenvalue weighted by molar-refractivity contribution is 9.10. The summed E-state index contributed by atoms with van der Waals surface area (Å²) in [7, 11) is 4.21. The van der Waals surface area contributed by atoms with Crippen molar-refractivity contribution in [3.8, 4) is 0 Å². The third-order valence-corrected chi connectivity index (χ3v) is 4.48. The largest absolute Gasteiger partial charge is 0.311 e. The Morgan fingerprint density at radius 1 is 1.14 bits per heavy atom. The van der Waals surface area contributed by atoms with E-state index in [1.165, 1.54) is 11.1 Å². The van der Waals surface area contributed by atoms with Crippen molar-refractivity contribution in [1.82, 2.24) is 10.2 Å². The SMILES string of the molecule is CN(C)C(CNCc1cc(Cl)ccc1Br)c1ccccc1. The summed E-state index contributed by atoms with van der Waals surface area (Å²) in [6, 6.07) is 16.8. The van der Waals surface area contributed by atoms with Crippen molar-refractivity contribution in [1.29, 1.82) is 0 Å². The molecule has 0 amide bonds. The zero-order chi connectivity index (χ0) is 15.2. The molecule has 0 spiro atoms. The molecule has 0 bridgehead atoms. The molecule has 0 saturated carbocycles. The van der Waals surface area contributed by atoms with Crippen LogP contribution in [-0.2, 0) is 6.54 Å². The highest BCUT2D eigenvalue weighted by Gasteiger charge is 2.13. The number of nitrogens with one attached hydrogen (secondary N) is 1. The number of rotatable bonds is 6. The molecule has 2 rings (SSSR count). The van der Waals surface area contributed by atoms with E-state index in [1.807, 2.05) is 24.3 Å². The van der Waals surface area contributed by atoms with E-state index in [4.69, 9.17) is 11.6 Å². The number of hydrogen-bond acceptors (Lipinski definition) is 2. The van der Waals surface area contributed by atoms with Crippen LogP contribution in [0.4, 0.5) is 0 Å². The third kappa shape index (κ3) is 4.82. The fourth-order valence-electron chi connectivity index (χ4n) is 2.30. The van der Waals surface area contributed by atoms with E-state index in [0.717, 1.165) is 22.6 Å². The Kier molecular flexibility index (Phi) is 6.24. The van der Waals surface area contributed by atoms with Gasteiger partial charge in [0.1, 0.15) is 0 Å². The lowest BCUT2D eigenvalue weighted by atomic mass is 10.1. The first kappa shape index (κ1) is 16.5. The van der Waals surface area contributed by atoms with Crippen LogP contribution in [0.2, 0.25) is 5.02 Å². The molecular weight excluding hydrogens is 348 g/mol. The van der Waals surface area contributed by atoms with Gasteiger partial charge in [0.15, 0.2) is 0 Å². The summed E-state index contributed by atoms with van der Waals surface area (Å²) in [6.45, 7) is 1.67. The van der Waals surface area contributed by atoms with Gasteiger partial charge in [-0.05, 0) is 43.4 Å². The van der Waals surface area contributed by atoms with Gasteiger partial charge in [-0.15, -0.1) is 0 Å². The summed E-state index contributed by atoms with van der Waals surface area (Å²) in [5.41, 5.74) is 2.49. The van der Waals surface area contributed by atoms with Gasteiger partial charge in [-0.1, -0.05) is 57.9 Å². The lowest BCUT2D eigenvalue weighted by Gasteiger charge is -2.25. The highest BCUT2D eigenvalue weighted by atomic mass is 79.9. The van der Waals surface area contributed by atoms with Crippen LogP contribution in [0.1, 0.15) is 17.2 Å². The van der Waals surface area contributed by atoms with Crippen LogP contribution in [0.5, 0.6) is 0 Å². The van der Waals surface area contributed by atoms with Gasteiger partial charge >= 0.3 is 0 Å². The van der Waals surface area contributed by atoms with Gasteiger partial charge in [0, 0.05) is 28.6 Å². The zero-order valence-corrected chi connectivity index (χ0v) is 14.7. The average Bonchev–Trinajstić information content (AvgIpc) is 2.47. The van der Waals surface area contributed by atoms with E-state index < -0.39 is 0 Å². The van der Waals surface area contributed by atoms with Crippen molar-refractivity contribution >= 4 is 27.5 Å². The second-order valence-corrected chi connectivity index (χ2v) is 6.55. The summed E-state index contributed by atoms with van der Waals surface area (Å²) in [5.74, 6) is 0. The van der Waals surface area contributed by atoms with Crippen molar-refractivity contribution in [2.45, 2.75) is 12.6 Å². The predicted octanol–water partition coefficient (Wildman–Crippen LogP) is 4.50. The fourth-order valence-corrected chi connectivity index (χ4v) is 2.88. The van der Waals surface area contributed by atoms with Crippen LogP contribution in [0.3, 0.4) is 0 Å². The smallest absolute Gasteiger partial charge is 0.0466 e. The standard InChI is InChI=1S/C17H20BrClN2/c1-21(2)17(13-6-4-3-5-7-13)12-20-11-14-10-15(19)8-9-16(14)18/h3-10,17,20H,11-12H2,1-2H3. The van der Waals surface area contributed by atoms with E-state index in [0.29, 0.717) is 6.04 Å². The van der Waals surface area contributed by atoms with Crippen LogP contribution in [-0.4, -0.2) is 25.5 Å². The minimum atomic E-state index is 0.351. The van der Waals surface area contributed by atoms with Gasteiger partial charge < -0.3 is 10.2 Å². The van der Waals surface area contributed by atoms with Crippen LogP contribution in [0.15, 0.2) is 53.0 Å².